The molecule has 8 heteroatoms. The van der Waals surface area contributed by atoms with Crippen LogP contribution >= 0.6 is 0 Å². The molecule has 0 radical (unpaired) electrons. The van der Waals surface area contributed by atoms with E-state index < -0.39 is 0 Å². The topological polar surface area (TPSA) is 82.8 Å². The second-order valence-corrected chi connectivity index (χ2v) is 7.42. The van der Waals surface area contributed by atoms with Gasteiger partial charge in [-0.05, 0) is 26.6 Å². The third-order valence-electron chi connectivity index (χ3n) is 5.02. The zero-order valence-corrected chi connectivity index (χ0v) is 17.3. The zero-order chi connectivity index (χ0) is 19.9. The lowest BCUT2D eigenvalue weighted by Crippen LogP contribution is -2.48. The van der Waals surface area contributed by atoms with E-state index in [0.29, 0.717) is 13.3 Å². The molecule has 0 atom stereocenters. The molecule has 1 saturated heterocycles. The fraction of sp³-hybridized carbons (Fsp3) is 0.600. The Morgan fingerprint density at radius 1 is 1.18 bits per heavy atom. The van der Waals surface area contributed by atoms with Crippen molar-refractivity contribution in [3.63, 3.8) is 0 Å². The molecular formula is C20H33N7O. The molecule has 28 heavy (non-hydrogen) atoms. The van der Waals surface area contributed by atoms with Crippen LogP contribution in [-0.4, -0.2) is 86.4 Å². The van der Waals surface area contributed by atoms with Crippen LogP contribution in [0.4, 0.5) is 11.5 Å². The van der Waals surface area contributed by atoms with Crippen LogP contribution in [0.3, 0.4) is 0 Å². The Balaban J connectivity index is 1.82. The maximum atomic E-state index is 6.07. The van der Waals surface area contributed by atoms with Crippen molar-refractivity contribution in [1.29, 1.82) is 0 Å². The number of hydrogen-bond acceptors (Lipinski definition) is 8. The summed E-state index contributed by atoms with van der Waals surface area (Å²) < 4.78 is 6.07. The number of benzene rings is 1. The fourth-order valence-corrected chi connectivity index (χ4v) is 3.45. The van der Waals surface area contributed by atoms with E-state index in [2.05, 4.69) is 63.1 Å². The summed E-state index contributed by atoms with van der Waals surface area (Å²) in [7, 11) is 4.25. The number of nitrogens with one attached hydrogen (secondary N) is 1. The van der Waals surface area contributed by atoms with E-state index in [4.69, 9.17) is 10.5 Å². The van der Waals surface area contributed by atoms with Crippen LogP contribution in [0.1, 0.15) is 13.3 Å². The van der Waals surface area contributed by atoms with Gasteiger partial charge in [0.1, 0.15) is 17.9 Å². The number of anilines is 2. The highest BCUT2D eigenvalue weighted by Gasteiger charge is 2.20. The molecule has 1 aromatic carbocycles. The molecule has 3 N–H and O–H groups in total. The molecule has 0 bridgehead atoms. The first kappa shape index (κ1) is 20.6. The van der Waals surface area contributed by atoms with Crippen molar-refractivity contribution >= 4 is 22.4 Å². The Labute approximate surface area is 167 Å². The molecule has 1 aliphatic rings. The number of fused-ring (bicyclic) bond motifs is 1. The van der Waals surface area contributed by atoms with Crippen molar-refractivity contribution < 1.29 is 4.74 Å². The van der Waals surface area contributed by atoms with Crippen molar-refractivity contribution in [2.24, 2.45) is 5.73 Å². The Bertz CT molecular complexity index is 760. The molecule has 1 aromatic heterocycles. The molecule has 3 rings (SSSR count). The van der Waals surface area contributed by atoms with Gasteiger partial charge in [-0.2, -0.15) is 0 Å². The smallest absolute Gasteiger partial charge is 0.142 e. The normalized spacial score (nSPS) is 15.4. The number of likely N-dealkylation sites (N-methyl/N-ethyl adjacent to an activating group) is 1. The lowest BCUT2D eigenvalue weighted by molar-refractivity contribution is 0.229. The number of ether oxygens (including phenoxy) is 1. The molecule has 2 heterocycles. The quantitative estimate of drug-likeness (QED) is 0.626. The predicted octanol–water partition coefficient (Wildman–Crippen LogP) is 1.43. The van der Waals surface area contributed by atoms with E-state index in [0.717, 1.165) is 73.8 Å². The van der Waals surface area contributed by atoms with E-state index in [1.165, 1.54) is 0 Å². The minimum atomic E-state index is 0.315. The highest BCUT2D eigenvalue weighted by Crippen LogP contribution is 2.35. The minimum absolute atomic E-state index is 0.315. The van der Waals surface area contributed by atoms with Gasteiger partial charge in [0.25, 0.3) is 0 Å². The standard InChI is InChI=1S/C20H33N7O/c1-4-11-28-18-13-16(12-17-19(18)20(22-14-21)24-15-23-17)27-9-7-26(8-10-27)6-5-25(2)3/h12-13,15H,4-11,14,21H2,1-3H3,(H,22,23,24). The number of aromatic nitrogens is 2. The highest BCUT2D eigenvalue weighted by molar-refractivity contribution is 5.96. The number of nitrogens with two attached hydrogens (primary N) is 1. The third kappa shape index (κ3) is 5.01. The molecule has 154 valence electrons. The Morgan fingerprint density at radius 3 is 2.64 bits per heavy atom. The molecule has 0 saturated carbocycles. The summed E-state index contributed by atoms with van der Waals surface area (Å²) in [6.45, 7) is 9.44. The lowest BCUT2D eigenvalue weighted by atomic mass is 10.1. The van der Waals surface area contributed by atoms with Crippen LogP contribution in [0.25, 0.3) is 10.9 Å². The van der Waals surface area contributed by atoms with Crippen LogP contribution in [0.5, 0.6) is 5.75 Å². The molecule has 1 aliphatic heterocycles. The largest absolute Gasteiger partial charge is 0.493 e. The maximum Gasteiger partial charge on any atom is 0.142 e. The van der Waals surface area contributed by atoms with Gasteiger partial charge in [-0.3, -0.25) is 4.90 Å². The Kier molecular flexibility index (Phi) is 7.24. The molecule has 1 fully saturated rings. The predicted molar refractivity (Wildman–Crippen MR) is 115 cm³/mol. The van der Waals surface area contributed by atoms with Gasteiger partial charge >= 0.3 is 0 Å². The Morgan fingerprint density at radius 2 is 1.96 bits per heavy atom. The molecule has 0 amide bonds. The maximum absolute atomic E-state index is 6.07. The summed E-state index contributed by atoms with van der Waals surface area (Å²) in [5.74, 6) is 1.54. The zero-order valence-electron chi connectivity index (χ0n) is 17.3. The van der Waals surface area contributed by atoms with Gasteiger partial charge < -0.3 is 25.6 Å². The van der Waals surface area contributed by atoms with Gasteiger partial charge in [0.2, 0.25) is 0 Å². The Hall–Kier alpha value is -2.16. The first-order valence-electron chi connectivity index (χ1n) is 10.1. The monoisotopic (exact) mass is 387 g/mol. The SMILES string of the molecule is CCCOc1cc(N2CCN(CCN(C)C)CC2)cc2ncnc(NCN)c12. The summed E-state index contributed by atoms with van der Waals surface area (Å²) in [4.78, 5) is 16.0. The first-order valence-corrected chi connectivity index (χ1v) is 10.1. The molecule has 0 unspecified atom stereocenters. The number of piperazine rings is 1. The van der Waals surface area contributed by atoms with E-state index in [1.807, 2.05) is 0 Å². The van der Waals surface area contributed by atoms with Crippen molar-refractivity contribution in [2.75, 3.05) is 76.9 Å². The van der Waals surface area contributed by atoms with Gasteiger partial charge in [0.05, 0.1) is 24.2 Å². The van der Waals surface area contributed by atoms with Crippen molar-refractivity contribution in [2.45, 2.75) is 13.3 Å². The molecule has 0 aliphatic carbocycles. The lowest BCUT2D eigenvalue weighted by Gasteiger charge is -2.36. The summed E-state index contributed by atoms with van der Waals surface area (Å²) in [5.41, 5.74) is 7.71. The summed E-state index contributed by atoms with van der Waals surface area (Å²) in [5, 5.41) is 4.02. The van der Waals surface area contributed by atoms with Crippen molar-refractivity contribution in [3.8, 4) is 5.75 Å². The van der Waals surface area contributed by atoms with E-state index in [-0.39, 0.29) is 0 Å². The summed E-state index contributed by atoms with van der Waals surface area (Å²) in [6.07, 6.45) is 2.52. The number of hydrogen-bond donors (Lipinski definition) is 2. The van der Waals surface area contributed by atoms with Crippen LogP contribution in [-0.2, 0) is 0 Å². The summed E-state index contributed by atoms with van der Waals surface area (Å²) >= 11 is 0. The second-order valence-electron chi connectivity index (χ2n) is 7.42. The van der Waals surface area contributed by atoms with Gasteiger partial charge in [-0.1, -0.05) is 6.92 Å². The van der Waals surface area contributed by atoms with Gasteiger partial charge in [0.15, 0.2) is 0 Å². The van der Waals surface area contributed by atoms with Crippen LogP contribution < -0.4 is 20.7 Å². The van der Waals surface area contributed by atoms with Crippen LogP contribution in [0.15, 0.2) is 18.5 Å². The third-order valence-corrected chi connectivity index (χ3v) is 5.02. The van der Waals surface area contributed by atoms with Crippen LogP contribution in [0, 0.1) is 0 Å². The second kappa shape index (κ2) is 9.86. The van der Waals surface area contributed by atoms with Gasteiger partial charge in [0, 0.05) is 51.0 Å². The van der Waals surface area contributed by atoms with Crippen molar-refractivity contribution in [1.82, 2.24) is 19.8 Å². The van der Waals surface area contributed by atoms with E-state index >= 15 is 0 Å². The molecular weight excluding hydrogens is 354 g/mol. The highest BCUT2D eigenvalue weighted by atomic mass is 16.5. The number of rotatable bonds is 9. The average Bonchev–Trinajstić information content (AvgIpc) is 2.71. The average molecular weight is 388 g/mol. The summed E-state index contributed by atoms with van der Waals surface area (Å²) in [6, 6.07) is 4.26. The molecule has 0 spiro atoms. The van der Waals surface area contributed by atoms with E-state index in [9.17, 15) is 0 Å². The fourth-order valence-electron chi connectivity index (χ4n) is 3.45. The molecule has 2 aromatic rings. The van der Waals surface area contributed by atoms with Crippen LogP contribution in [0.2, 0.25) is 0 Å². The van der Waals surface area contributed by atoms with Gasteiger partial charge in [-0.15, -0.1) is 0 Å². The van der Waals surface area contributed by atoms with Crippen molar-refractivity contribution in [3.05, 3.63) is 18.5 Å². The first-order chi connectivity index (χ1) is 13.6. The minimum Gasteiger partial charge on any atom is -0.493 e. The van der Waals surface area contributed by atoms with Gasteiger partial charge in [-0.25, -0.2) is 9.97 Å². The van der Waals surface area contributed by atoms with E-state index in [1.54, 1.807) is 6.33 Å². The number of nitrogens with zero attached hydrogens (tertiary/aromatic N) is 5. The molecule has 8 nitrogen and oxygen atoms in total.